The predicted octanol–water partition coefficient (Wildman–Crippen LogP) is 3.58. The maximum Gasteiger partial charge on any atom is 0.222 e. The molecule has 0 saturated heterocycles. The van der Waals surface area contributed by atoms with Gasteiger partial charge in [-0.25, -0.2) is 0 Å². The lowest BCUT2D eigenvalue weighted by Crippen LogP contribution is -1.92. The van der Waals surface area contributed by atoms with Gasteiger partial charge in [-0.05, 0) is 23.4 Å². The van der Waals surface area contributed by atoms with E-state index in [0.717, 1.165) is 0 Å². The van der Waals surface area contributed by atoms with Crippen LogP contribution < -0.4 is 0 Å². The molecular formula is C11H9ClN2O2. The fourth-order valence-electron chi connectivity index (χ4n) is 1.70. The molecule has 0 saturated carbocycles. The summed E-state index contributed by atoms with van der Waals surface area (Å²) in [6.45, 7) is 3.99. The Morgan fingerprint density at radius 3 is 2.94 bits per heavy atom. The van der Waals surface area contributed by atoms with Crippen LogP contribution in [-0.4, -0.2) is 9.67 Å². The summed E-state index contributed by atoms with van der Waals surface area (Å²) in [6, 6.07) is 5.03. The van der Waals surface area contributed by atoms with E-state index in [9.17, 15) is 10.0 Å². The van der Waals surface area contributed by atoms with Crippen molar-refractivity contribution in [1.82, 2.24) is 4.57 Å². The first-order chi connectivity index (χ1) is 7.69. The average molecular weight is 237 g/mol. The van der Waals surface area contributed by atoms with Crippen molar-refractivity contribution in [3.05, 3.63) is 40.8 Å². The molecule has 5 heteroatoms. The highest BCUT2D eigenvalue weighted by Crippen LogP contribution is 2.39. The lowest BCUT2D eigenvalue weighted by atomic mass is 10.2. The Hall–Kier alpha value is -1.81. The van der Waals surface area contributed by atoms with Crippen molar-refractivity contribution in [1.29, 1.82) is 0 Å². The van der Waals surface area contributed by atoms with Gasteiger partial charge in [-0.1, -0.05) is 17.7 Å². The van der Waals surface area contributed by atoms with Crippen LogP contribution in [0.25, 0.3) is 10.9 Å². The highest BCUT2D eigenvalue weighted by Gasteiger charge is 2.16. The number of rotatable bonds is 3. The molecule has 0 aliphatic rings. The molecule has 82 valence electrons. The van der Waals surface area contributed by atoms with Crippen LogP contribution in [0.5, 0.6) is 5.88 Å². The molecule has 0 unspecified atom stereocenters. The number of halogens is 1. The summed E-state index contributed by atoms with van der Waals surface area (Å²) in [5.74, 6) is -0.160. The summed E-state index contributed by atoms with van der Waals surface area (Å²) in [4.78, 5) is 10.7. The van der Waals surface area contributed by atoms with E-state index in [0.29, 0.717) is 22.5 Å². The van der Waals surface area contributed by atoms with Crippen LogP contribution in [0.2, 0.25) is 5.02 Å². The van der Waals surface area contributed by atoms with Gasteiger partial charge in [0.05, 0.1) is 5.52 Å². The van der Waals surface area contributed by atoms with Crippen LogP contribution in [0.15, 0.2) is 36.0 Å². The maximum absolute atomic E-state index is 10.7. The summed E-state index contributed by atoms with van der Waals surface area (Å²) in [5.41, 5.74) is 0.718. The largest absolute Gasteiger partial charge is 0.493 e. The summed E-state index contributed by atoms with van der Waals surface area (Å²) < 4.78 is 1.55. The smallest absolute Gasteiger partial charge is 0.222 e. The van der Waals surface area contributed by atoms with E-state index in [1.165, 1.54) is 0 Å². The van der Waals surface area contributed by atoms with Crippen molar-refractivity contribution in [2.75, 3.05) is 0 Å². The monoisotopic (exact) mass is 236 g/mol. The predicted molar refractivity (Wildman–Crippen MR) is 64.3 cm³/mol. The van der Waals surface area contributed by atoms with E-state index in [1.807, 2.05) is 0 Å². The second-order valence-electron chi connectivity index (χ2n) is 3.32. The molecule has 4 nitrogen and oxygen atoms in total. The second-order valence-corrected chi connectivity index (χ2v) is 3.76. The Morgan fingerprint density at radius 2 is 2.31 bits per heavy atom. The van der Waals surface area contributed by atoms with Crippen molar-refractivity contribution in [3.63, 3.8) is 0 Å². The Balaban J connectivity index is 2.85. The highest BCUT2D eigenvalue weighted by atomic mass is 35.5. The van der Waals surface area contributed by atoms with Crippen molar-refractivity contribution in [2.45, 2.75) is 6.54 Å². The molecule has 0 bridgehead atoms. The highest BCUT2D eigenvalue weighted by molar-refractivity contribution is 6.31. The van der Waals surface area contributed by atoms with Gasteiger partial charge in [0.2, 0.25) is 5.88 Å². The van der Waals surface area contributed by atoms with Gasteiger partial charge in [-0.2, -0.15) is 0 Å². The number of allylic oxidation sites excluding steroid dienone is 1. The van der Waals surface area contributed by atoms with Crippen LogP contribution in [0, 0.1) is 4.91 Å². The van der Waals surface area contributed by atoms with Crippen LogP contribution in [-0.2, 0) is 6.54 Å². The van der Waals surface area contributed by atoms with E-state index < -0.39 is 0 Å². The fourth-order valence-corrected chi connectivity index (χ4v) is 1.87. The average Bonchev–Trinajstić information content (AvgIpc) is 2.52. The molecule has 1 N–H and O–H groups in total. The Bertz CT molecular complexity index is 575. The van der Waals surface area contributed by atoms with Gasteiger partial charge in [0.15, 0.2) is 5.69 Å². The molecule has 16 heavy (non-hydrogen) atoms. The first-order valence-electron chi connectivity index (χ1n) is 4.64. The third kappa shape index (κ3) is 1.47. The molecule has 0 fully saturated rings. The quantitative estimate of drug-likeness (QED) is 0.654. The molecule has 0 aliphatic heterocycles. The molecule has 0 amide bonds. The lowest BCUT2D eigenvalue weighted by molar-refractivity contribution is 0.431. The number of hydrogen-bond acceptors (Lipinski definition) is 3. The van der Waals surface area contributed by atoms with Crippen LogP contribution in [0.1, 0.15) is 0 Å². The topological polar surface area (TPSA) is 54.6 Å². The summed E-state index contributed by atoms with van der Waals surface area (Å²) in [6.07, 6.45) is 1.63. The molecular weight excluding hydrogens is 228 g/mol. The number of hydrogen-bond donors (Lipinski definition) is 1. The van der Waals surface area contributed by atoms with Crippen LogP contribution in [0.3, 0.4) is 0 Å². The zero-order valence-corrected chi connectivity index (χ0v) is 9.11. The third-order valence-corrected chi connectivity index (χ3v) is 2.61. The Kier molecular flexibility index (Phi) is 2.66. The third-order valence-electron chi connectivity index (χ3n) is 2.37. The minimum atomic E-state index is -0.160. The van der Waals surface area contributed by atoms with E-state index in [-0.39, 0.29) is 11.6 Å². The number of benzene rings is 1. The summed E-state index contributed by atoms with van der Waals surface area (Å²) >= 11 is 5.83. The van der Waals surface area contributed by atoms with Gasteiger partial charge < -0.3 is 9.67 Å². The number of nitroso groups, excluding NO2 is 1. The number of fused-ring (bicyclic) bond motifs is 1. The second kappa shape index (κ2) is 3.98. The van der Waals surface area contributed by atoms with E-state index in [4.69, 9.17) is 11.6 Å². The SMILES string of the molecule is C=CCn1c(O)c(N=O)c2cc(Cl)ccc21. The fraction of sp³-hybridized carbons (Fsp3) is 0.0909. The molecule has 1 heterocycles. The molecule has 0 radical (unpaired) electrons. The molecule has 2 aromatic rings. The van der Waals surface area contributed by atoms with Crippen molar-refractivity contribution in [2.24, 2.45) is 5.18 Å². The molecule has 2 rings (SSSR count). The minimum absolute atomic E-state index is 0.0133. The summed E-state index contributed by atoms with van der Waals surface area (Å²) in [7, 11) is 0. The van der Waals surface area contributed by atoms with Crippen LogP contribution >= 0.6 is 11.6 Å². The van der Waals surface area contributed by atoms with Gasteiger partial charge >= 0.3 is 0 Å². The van der Waals surface area contributed by atoms with Crippen molar-refractivity contribution in [3.8, 4) is 5.88 Å². The van der Waals surface area contributed by atoms with E-state index in [1.54, 1.807) is 28.8 Å². The first-order valence-corrected chi connectivity index (χ1v) is 5.01. The van der Waals surface area contributed by atoms with Gasteiger partial charge in [0.25, 0.3) is 0 Å². The Morgan fingerprint density at radius 1 is 1.56 bits per heavy atom. The van der Waals surface area contributed by atoms with Gasteiger partial charge in [0.1, 0.15) is 0 Å². The van der Waals surface area contributed by atoms with Crippen molar-refractivity contribution >= 4 is 28.2 Å². The molecule has 0 spiro atoms. The van der Waals surface area contributed by atoms with Gasteiger partial charge in [0, 0.05) is 17.0 Å². The zero-order valence-electron chi connectivity index (χ0n) is 8.35. The lowest BCUT2D eigenvalue weighted by Gasteiger charge is -2.01. The number of aromatic hydroxyl groups is 1. The van der Waals surface area contributed by atoms with E-state index >= 15 is 0 Å². The standard InChI is InChI=1S/C11H9ClN2O2/c1-2-5-14-9-4-3-7(12)6-8(9)10(13-16)11(14)15/h2-4,6,15H,1,5H2. The van der Waals surface area contributed by atoms with E-state index in [2.05, 4.69) is 11.8 Å². The zero-order chi connectivity index (χ0) is 11.7. The van der Waals surface area contributed by atoms with Gasteiger partial charge in [-0.15, -0.1) is 11.5 Å². The first kappa shape index (κ1) is 10.7. The number of aromatic nitrogens is 1. The minimum Gasteiger partial charge on any atom is -0.493 e. The Labute approximate surface area is 96.7 Å². The summed E-state index contributed by atoms with van der Waals surface area (Å²) in [5, 5.41) is 13.7. The molecule has 0 atom stereocenters. The molecule has 1 aromatic carbocycles. The van der Waals surface area contributed by atoms with Crippen LogP contribution in [0.4, 0.5) is 5.69 Å². The number of nitrogens with zero attached hydrogens (tertiary/aromatic N) is 2. The van der Waals surface area contributed by atoms with Gasteiger partial charge in [-0.3, -0.25) is 0 Å². The maximum atomic E-state index is 10.7. The normalized spacial score (nSPS) is 10.6. The van der Waals surface area contributed by atoms with Crippen molar-refractivity contribution < 1.29 is 5.11 Å². The molecule has 0 aliphatic carbocycles. The molecule has 1 aromatic heterocycles.